The largest absolute Gasteiger partial charge is 0.478 e. The smallest absolute Gasteiger partial charge is 0.348 e. The van der Waals surface area contributed by atoms with E-state index in [0.29, 0.717) is 58.5 Å². The van der Waals surface area contributed by atoms with Crippen LogP contribution in [0, 0.1) is 17.7 Å². The monoisotopic (exact) mass is 601 g/mol. The summed E-state index contributed by atoms with van der Waals surface area (Å²) in [6.45, 7) is 0.282. The predicted octanol–water partition coefficient (Wildman–Crippen LogP) is 7.25. The molecule has 7 nitrogen and oxygen atoms in total. The van der Waals surface area contributed by atoms with Gasteiger partial charge >= 0.3 is 5.97 Å². The molecule has 3 aromatic rings. The lowest BCUT2D eigenvalue weighted by Gasteiger charge is -2.43. The summed E-state index contributed by atoms with van der Waals surface area (Å²) in [6.07, 6.45) is 5.48. The highest BCUT2D eigenvalue weighted by atomic mass is 35.5. The van der Waals surface area contributed by atoms with E-state index in [1.54, 1.807) is 24.3 Å². The van der Waals surface area contributed by atoms with Crippen LogP contribution in [0.15, 0.2) is 40.9 Å². The van der Waals surface area contributed by atoms with Crippen molar-refractivity contribution in [3.63, 3.8) is 0 Å². The van der Waals surface area contributed by atoms with Crippen molar-refractivity contribution in [2.45, 2.75) is 81.2 Å². The van der Waals surface area contributed by atoms with Crippen molar-refractivity contribution in [1.82, 2.24) is 5.16 Å². The van der Waals surface area contributed by atoms with Crippen LogP contribution in [0.2, 0.25) is 10.0 Å². The molecule has 0 saturated heterocycles. The molecule has 2 bridgehead atoms. The van der Waals surface area contributed by atoms with Crippen molar-refractivity contribution < 1.29 is 33.4 Å². The summed E-state index contributed by atoms with van der Waals surface area (Å²) < 4.78 is 32.7. The first-order valence-electron chi connectivity index (χ1n) is 14.2. The van der Waals surface area contributed by atoms with Gasteiger partial charge in [0.2, 0.25) is 5.60 Å². The fraction of sp³-hybridized carbons (Fsp3) is 0.484. The van der Waals surface area contributed by atoms with E-state index in [2.05, 4.69) is 5.16 Å². The molecule has 41 heavy (non-hydrogen) atoms. The van der Waals surface area contributed by atoms with Crippen LogP contribution in [0.4, 0.5) is 4.39 Å². The summed E-state index contributed by atoms with van der Waals surface area (Å²) in [4.78, 5) is 11.6. The third-order valence-corrected chi connectivity index (χ3v) is 10.0. The molecule has 0 radical (unpaired) electrons. The average molecular weight is 602 g/mol. The number of ether oxygens (including phenoxy) is 2. The van der Waals surface area contributed by atoms with Gasteiger partial charge < -0.3 is 24.2 Å². The Morgan fingerprint density at radius 3 is 2.37 bits per heavy atom. The van der Waals surface area contributed by atoms with Gasteiger partial charge in [-0.25, -0.2) is 9.18 Å². The summed E-state index contributed by atoms with van der Waals surface area (Å²) >= 11 is 13.0. The van der Waals surface area contributed by atoms with Gasteiger partial charge in [-0.3, -0.25) is 0 Å². The van der Waals surface area contributed by atoms with Gasteiger partial charge in [0.25, 0.3) is 0 Å². The number of fused-ring (bicyclic) bond motifs is 2. The van der Waals surface area contributed by atoms with Gasteiger partial charge in [0, 0.05) is 36.0 Å². The number of halogens is 3. The molecule has 4 fully saturated rings. The van der Waals surface area contributed by atoms with Crippen LogP contribution >= 0.6 is 23.2 Å². The molecule has 1 heterocycles. The number of hydrogen-bond donors (Lipinski definition) is 2. The Bertz CT molecular complexity index is 1480. The summed E-state index contributed by atoms with van der Waals surface area (Å²) in [6, 6.07) is 9.47. The number of rotatable bonds is 9. The van der Waals surface area contributed by atoms with Crippen LogP contribution in [0.5, 0.6) is 5.75 Å². The van der Waals surface area contributed by atoms with Crippen LogP contribution in [-0.4, -0.2) is 33.0 Å². The molecule has 0 aliphatic heterocycles. The van der Waals surface area contributed by atoms with E-state index >= 15 is 0 Å². The van der Waals surface area contributed by atoms with Gasteiger partial charge in [-0.05, 0) is 80.2 Å². The minimum atomic E-state index is -1.30. The number of benzene rings is 2. The second kappa shape index (κ2) is 9.97. The van der Waals surface area contributed by atoms with Gasteiger partial charge in [-0.2, -0.15) is 0 Å². The van der Waals surface area contributed by atoms with E-state index in [1.807, 2.05) is 0 Å². The maximum absolute atomic E-state index is 14.7. The lowest BCUT2D eigenvalue weighted by Crippen LogP contribution is -2.44. The molecule has 1 aromatic heterocycles. The van der Waals surface area contributed by atoms with Crippen LogP contribution in [0.25, 0.3) is 11.3 Å². The zero-order chi connectivity index (χ0) is 28.5. The highest BCUT2D eigenvalue weighted by Crippen LogP contribution is 2.56. The Balaban J connectivity index is 1.11. The molecule has 216 valence electrons. The third-order valence-electron chi connectivity index (χ3n) is 9.37. The zero-order valence-electron chi connectivity index (χ0n) is 22.2. The van der Waals surface area contributed by atoms with E-state index in [0.717, 1.165) is 37.0 Å². The second-order valence-corrected chi connectivity index (χ2v) is 12.8. The molecule has 7 rings (SSSR count). The minimum Gasteiger partial charge on any atom is -0.478 e. The lowest BCUT2D eigenvalue weighted by molar-refractivity contribution is -0.147. The lowest BCUT2D eigenvalue weighted by atomic mass is 9.69. The Kier molecular flexibility index (Phi) is 6.62. The Morgan fingerprint density at radius 1 is 1.07 bits per heavy atom. The molecule has 10 heteroatoms. The van der Waals surface area contributed by atoms with Gasteiger partial charge in [0.05, 0.1) is 28.4 Å². The Hall–Kier alpha value is -2.65. The number of hydrogen-bond acceptors (Lipinski definition) is 6. The minimum absolute atomic E-state index is 0.115. The van der Waals surface area contributed by atoms with E-state index in [1.165, 1.54) is 12.1 Å². The molecular formula is C31H30Cl2FNO6. The average Bonchev–Trinajstić information content (AvgIpc) is 3.85. The summed E-state index contributed by atoms with van der Waals surface area (Å²) in [5, 5.41) is 26.8. The molecule has 0 amide bonds. The number of carbonyl (C=O) groups is 1. The van der Waals surface area contributed by atoms with Gasteiger partial charge in [-0.15, -0.1) is 0 Å². The SMILES string of the molecule is O=C(O)C1(Oc2cc(F)cc(C3(O)[C@@H]4CC[C@H]3CC(OCc3c(-c5c(Cl)cccc5Cl)noc3C3CC3)C4)c2)CC1. The topological polar surface area (TPSA) is 102 Å². The van der Waals surface area contributed by atoms with Crippen LogP contribution in [0.3, 0.4) is 0 Å². The van der Waals surface area contributed by atoms with E-state index in [9.17, 15) is 19.4 Å². The molecule has 4 atom stereocenters. The maximum Gasteiger partial charge on any atom is 0.348 e. The Morgan fingerprint density at radius 2 is 1.76 bits per heavy atom. The van der Waals surface area contributed by atoms with Crippen LogP contribution < -0.4 is 4.74 Å². The van der Waals surface area contributed by atoms with Crippen molar-refractivity contribution in [2.75, 3.05) is 0 Å². The first kappa shape index (κ1) is 27.2. The molecular weight excluding hydrogens is 572 g/mol. The highest BCUT2D eigenvalue weighted by molar-refractivity contribution is 6.39. The summed E-state index contributed by atoms with van der Waals surface area (Å²) in [5.74, 6) is -0.640. The summed E-state index contributed by atoms with van der Waals surface area (Å²) in [5.41, 5.74) is -0.0255. The fourth-order valence-corrected chi connectivity index (χ4v) is 7.49. The number of aliphatic hydroxyl groups is 1. The van der Waals surface area contributed by atoms with Crippen molar-refractivity contribution >= 4 is 29.2 Å². The number of carboxylic acids is 1. The standard InChI is InChI=1S/C31H30Cl2FNO6/c32-24-2-1-3-25(33)26(24)27-23(28(41-35-27)16-4-5-16)15-39-21-11-17-6-7-18(12-21)31(17,38)19-10-20(34)14-22(13-19)40-30(8-9-30)29(36)37/h1-3,10,13-14,16-18,21,38H,4-9,11-12,15H2,(H,36,37)/t17-,18+,21?,31?. The fourth-order valence-electron chi connectivity index (χ4n) is 6.91. The first-order valence-corrected chi connectivity index (χ1v) is 14.9. The Labute approximate surface area is 246 Å². The zero-order valence-corrected chi connectivity index (χ0v) is 23.8. The number of aliphatic carboxylic acids is 1. The highest BCUT2D eigenvalue weighted by Gasteiger charge is 2.56. The quantitative estimate of drug-likeness (QED) is 0.266. The van der Waals surface area contributed by atoms with Crippen LogP contribution in [0.1, 0.15) is 74.2 Å². The predicted molar refractivity (Wildman–Crippen MR) is 148 cm³/mol. The van der Waals surface area contributed by atoms with Gasteiger partial charge in [0.15, 0.2) is 0 Å². The third kappa shape index (κ3) is 4.73. The number of aromatic nitrogens is 1. The van der Waals surface area contributed by atoms with Crippen molar-refractivity contribution in [2.24, 2.45) is 11.8 Å². The first-order chi connectivity index (χ1) is 19.7. The van der Waals surface area contributed by atoms with Crippen molar-refractivity contribution in [3.05, 3.63) is 69.1 Å². The van der Waals surface area contributed by atoms with Crippen molar-refractivity contribution in [1.29, 1.82) is 0 Å². The molecule has 4 aliphatic rings. The van der Waals surface area contributed by atoms with E-state index in [-0.39, 0.29) is 30.3 Å². The van der Waals surface area contributed by atoms with Gasteiger partial charge in [0.1, 0.15) is 23.0 Å². The van der Waals surface area contributed by atoms with Crippen molar-refractivity contribution in [3.8, 4) is 17.0 Å². The van der Waals surface area contributed by atoms with E-state index < -0.39 is 23.0 Å². The molecule has 0 spiro atoms. The maximum atomic E-state index is 14.7. The second-order valence-electron chi connectivity index (χ2n) is 12.0. The molecule has 2 aromatic carbocycles. The van der Waals surface area contributed by atoms with E-state index in [4.69, 9.17) is 37.2 Å². The normalized spacial score (nSPS) is 28.0. The number of carboxylic acid groups (broad SMARTS) is 1. The summed E-state index contributed by atoms with van der Waals surface area (Å²) in [7, 11) is 0. The molecule has 2 N–H and O–H groups in total. The van der Waals surface area contributed by atoms with Crippen LogP contribution in [-0.2, 0) is 21.7 Å². The molecule has 4 aliphatic carbocycles. The number of nitrogens with zero attached hydrogens (tertiary/aromatic N) is 1. The molecule has 2 unspecified atom stereocenters. The van der Waals surface area contributed by atoms with Gasteiger partial charge in [-0.1, -0.05) is 34.4 Å². The molecule has 4 saturated carbocycles.